The lowest BCUT2D eigenvalue weighted by Gasteiger charge is -2.32. The van der Waals surface area contributed by atoms with E-state index in [2.05, 4.69) is 27.2 Å². The third kappa shape index (κ3) is 4.11. The Kier molecular flexibility index (Phi) is 5.63. The van der Waals surface area contributed by atoms with Gasteiger partial charge < -0.3 is 0 Å². The summed E-state index contributed by atoms with van der Waals surface area (Å²) in [5, 5.41) is 5.82. The Morgan fingerprint density at radius 1 is 1.19 bits per heavy atom. The summed E-state index contributed by atoms with van der Waals surface area (Å²) >= 11 is 0. The average Bonchev–Trinajstić information content (AvgIpc) is 3.41. The molecule has 2 aliphatic rings. The molecule has 2 fully saturated rings. The predicted molar refractivity (Wildman–Crippen MR) is 116 cm³/mol. The van der Waals surface area contributed by atoms with Gasteiger partial charge in [-0.05, 0) is 81.2 Å². The third-order valence-corrected chi connectivity index (χ3v) is 6.78. The van der Waals surface area contributed by atoms with E-state index in [1.807, 2.05) is 13.1 Å². The van der Waals surface area contributed by atoms with Crippen LogP contribution in [-0.2, 0) is 16.1 Å². The molecule has 168 valence electrons. The maximum absolute atomic E-state index is 14.0. The number of nitrogens with zero attached hydrogens (tertiary/aromatic N) is 5. The second kappa shape index (κ2) is 8.58. The third-order valence-electron chi connectivity index (χ3n) is 6.78. The van der Waals surface area contributed by atoms with Crippen molar-refractivity contribution in [3.63, 3.8) is 0 Å². The van der Waals surface area contributed by atoms with Crippen LogP contribution in [0.3, 0.4) is 0 Å². The number of aryl methyl sites for hydroxylation is 2. The van der Waals surface area contributed by atoms with E-state index in [0.29, 0.717) is 30.2 Å². The Labute approximate surface area is 186 Å². The number of hydroxylamine groups is 2. The summed E-state index contributed by atoms with van der Waals surface area (Å²) in [4.78, 5) is 27.5. The number of hydrogen-bond acceptors (Lipinski definition) is 5. The quantitative estimate of drug-likeness (QED) is 0.614. The van der Waals surface area contributed by atoms with Gasteiger partial charge in [-0.15, -0.1) is 0 Å². The fraction of sp³-hybridized carbons (Fsp3) is 0.500. The minimum absolute atomic E-state index is 0.0206. The number of halogens is 1. The lowest BCUT2D eigenvalue weighted by Crippen LogP contribution is -2.36. The molecule has 0 N–H and O–H groups in total. The molecule has 1 aliphatic carbocycles. The Bertz CT molecular complexity index is 1140. The first-order chi connectivity index (χ1) is 15.5. The molecule has 0 aromatic carbocycles. The molecule has 4 heterocycles. The summed E-state index contributed by atoms with van der Waals surface area (Å²) in [6.07, 6.45) is 8.98. The zero-order valence-corrected chi connectivity index (χ0v) is 18.5. The van der Waals surface area contributed by atoms with Gasteiger partial charge in [-0.2, -0.15) is 5.10 Å². The maximum atomic E-state index is 14.0. The van der Waals surface area contributed by atoms with Crippen LogP contribution in [0.25, 0.3) is 5.65 Å². The van der Waals surface area contributed by atoms with E-state index in [0.717, 1.165) is 43.6 Å². The van der Waals surface area contributed by atoms with Crippen LogP contribution in [0.1, 0.15) is 60.8 Å². The number of amides is 1. The van der Waals surface area contributed by atoms with Gasteiger partial charge >= 0.3 is 0 Å². The molecule has 0 radical (unpaired) electrons. The molecule has 1 amide bonds. The summed E-state index contributed by atoms with van der Waals surface area (Å²) in [6.45, 7) is 3.99. The molecule has 1 saturated heterocycles. The van der Waals surface area contributed by atoms with Crippen LogP contribution in [-0.4, -0.2) is 37.2 Å². The first-order valence-corrected chi connectivity index (χ1v) is 11.4. The average molecular weight is 438 g/mol. The van der Waals surface area contributed by atoms with Gasteiger partial charge in [0.15, 0.2) is 5.65 Å². The summed E-state index contributed by atoms with van der Waals surface area (Å²) in [7, 11) is 0. The number of rotatable bonds is 4. The highest BCUT2D eigenvalue weighted by Crippen LogP contribution is 2.37. The van der Waals surface area contributed by atoms with Crippen LogP contribution in [0.5, 0.6) is 0 Å². The van der Waals surface area contributed by atoms with Gasteiger partial charge in [0.05, 0.1) is 18.3 Å². The van der Waals surface area contributed by atoms with Gasteiger partial charge in [0.2, 0.25) is 5.91 Å². The SMILES string of the molecule is Cc1nc2cc(CC3CCC(C(=O)N4OCC[C@H]4c4cnc(C)c(F)c4)CC3)ccn2n1. The number of fused-ring (bicyclic) bond motifs is 1. The molecule has 1 saturated carbocycles. The monoisotopic (exact) mass is 437 g/mol. The van der Waals surface area contributed by atoms with Crippen LogP contribution < -0.4 is 0 Å². The van der Waals surface area contributed by atoms with E-state index in [1.165, 1.54) is 16.7 Å². The predicted octanol–water partition coefficient (Wildman–Crippen LogP) is 4.13. The molecule has 0 spiro atoms. The van der Waals surface area contributed by atoms with Gasteiger partial charge in [0, 0.05) is 24.7 Å². The van der Waals surface area contributed by atoms with Gasteiger partial charge in [-0.1, -0.05) is 0 Å². The van der Waals surface area contributed by atoms with Crippen molar-refractivity contribution >= 4 is 11.6 Å². The van der Waals surface area contributed by atoms with Crippen molar-refractivity contribution in [2.24, 2.45) is 11.8 Å². The zero-order chi connectivity index (χ0) is 22.2. The molecule has 7 nitrogen and oxygen atoms in total. The van der Waals surface area contributed by atoms with Gasteiger partial charge in [-0.25, -0.2) is 19.0 Å². The Morgan fingerprint density at radius 2 is 2.00 bits per heavy atom. The van der Waals surface area contributed by atoms with E-state index in [4.69, 9.17) is 4.84 Å². The van der Waals surface area contributed by atoms with Crippen LogP contribution >= 0.6 is 0 Å². The Balaban J connectivity index is 1.20. The summed E-state index contributed by atoms with van der Waals surface area (Å²) in [6, 6.07) is 5.43. The number of hydrogen-bond donors (Lipinski definition) is 0. The maximum Gasteiger partial charge on any atom is 0.249 e. The summed E-state index contributed by atoms with van der Waals surface area (Å²) in [5.74, 6) is 0.953. The van der Waals surface area contributed by atoms with Crippen molar-refractivity contribution < 1.29 is 14.0 Å². The minimum Gasteiger partial charge on any atom is -0.272 e. The van der Waals surface area contributed by atoms with E-state index in [1.54, 1.807) is 17.6 Å². The second-order valence-corrected chi connectivity index (χ2v) is 9.06. The number of pyridine rings is 2. The number of aromatic nitrogens is 4. The molecule has 8 heteroatoms. The minimum atomic E-state index is -0.346. The summed E-state index contributed by atoms with van der Waals surface area (Å²) in [5.41, 5.74) is 3.20. The molecule has 1 atom stereocenters. The van der Waals surface area contributed by atoms with E-state index in [9.17, 15) is 9.18 Å². The Morgan fingerprint density at radius 3 is 2.78 bits per heavy atom. The topological polar surface area (TPSA) is 72.6 Å². The van der Waals surface area contributed by atoms with Crippen molar-refractivity contribution in [1.29, 1.82) is 0 Å². The van der Waals surface area contributed by atoms with E-state index in [-0.39, 0.29) is 23.7 Å². The highest BCUT2D eigenvalue weighted by atomic mass is 19.1. The van der Waals surface area contributed by atoms with Gasteiger partial charge in [0.1, 0.15) is 11.6 Å². The van der Waals surface area contributed by atoms with Crippen LogP contribution in [0, 0.1) is 31.5 Å². The fourth-order valence-electron chi connectivity index (χ4n) is 4.98. The largest absolute Gasteiger partial charge is 0.272 e. The second-order valence-electron chi connectivity index (χ2n) is 9.06. The standard InChI is InChI=1S/C24H28FN5O2/c1-15-21(25)13-20(14-26-15)22-8-10-32-30(22)24(31)19-5-3-17(4-6-19)11-18-7-9-29-23(12-18)27-16(2)28-29/h7,9,12-14,17,19,22H,3-6,8,10-11H2,1-2H3/t17?,19?,22-/m0/s1. The molecule has 1 aliphatic heterocycles. The van der Waals surface area contributed by atoms with Crippen molar-refractivity contribution in [2.75, 3.05) is 6.61 Å². The molecule has 0 unspecified atom stereocenters. The van der Waals surface area contributed by atoms with E-state index >= 15 is 0 Å². The zero-order valence-electron chi connectivity index (χ0n) is 18.5. The van der Waals surface area contributed by atoms with Crippen molar-refractivity contribution in [3.05, 3.63) is 59.1 Å². The fourth-order valence-corrected chi connectivity index (χ4v) is 4.98. The van der Waals surface area contributed by atoms with Gasteiger partial charge in [0.25, 0.3) is 0 Å². The number of carbonyl (C=O) groups excluding carboxylic acids is 1. The normalized spacial score (nSPS) is 23.7. The molecule has 3 aromatic rings. The van der Waals surface area contributed by atoms with Gasteiger partial charge in [-0.3, -0.25) is 14.6 Å². The van der Waals surface area contributed by atoms with Crippen molar-refractivity contribution in [3.8, 4) is 0 Å². The summed E-state index contributed by atoms with van der Waals surface area (Å²) < 4.78 is 15.8. The van der Waals surface area contributed by atoms with Crippen LogP contribution in [0.15, 0.2) is 30.6 Å². The first-order valence-electron chi connectivity index (χ1n) is 11.4. The first kappa shape index (κ1) is 21.0. The Hall–Kier alpha value is -2.87. The molecule has 0 bridgehead atoms. The van der Waals surface area contributed by atoms with Crippen molar-refractivity contribution in [2.45, 2.75) is 58.4 Å². The highest BCUT2D eigenvalue weighted by Gasteiger charge is 2.37. The van der Waals surface area contributed by atoms with Crippen LogP contribution in [0.2, 0.25) is 0 Å². The molecular formula is C24H28FN5O2. The highest BCUT2D eigenvalue weighted by molar-refractivity contribution is 5.78. The molecule has 32 heavy (non-hydrogen) atoms. The lowest BCUT2D eigenvalue weighted by atomic mass is 9.79. The van der Waals surface area contributed by atoms with Crippen LogP contribution in [0.4, 0.5) is 4.39 Å². The smallest absolute Gasteiger partial charge is 0.249 e. The molecular weight excluding hydrogens is 409 g/mol. The van der Waals surface area contributed by atoms with E-state index < -0.39 is 0 Å². The lowest BCUT2D eigenvalue weighted by molar-refractivity contribution is -0.183. The molecule has 5 rings (SSSR count). The number of carbonyl (C=O) groups is 1. The van der Waals surface area contributed by atoms with Crippen molar-refractivity contribution in [1.82, 2.24) is 24.6 Å². The molecule has 3 aromatic heterocycles.